The van der Waals surface area contributed by atoms with E-state index < -0.39 is 0 Å². The Bertz CT molecular complexity index is 464. The maximum atomic E-state index is 3.48. The molecule has 1 unspecified atom stereocenters. The van der Waals surface area contributed by atoms with Crippen molar-refractivity contribution >= 4 is 48.9 Å². The van der Waals surface area contributed by atoms with Gasteiger partial charge in [-0.05, 0) is 59.3 Å². The number of thiophene rings is 1. The van der Waals surface area contributed by atoms with Gasteiger partial charge in [-0.1, -0.05) is 15.9 Å². The molecule has 4 heteroatoms. The van der Waals surface area contributed by atoms with Crippen LogP contribution in [-0.4, -0.2) is 0 Å². The third kappa shape index (κ3) is 3.09. The Morgan fingerprint density at radius 3 is 2.31 bits per heavy atom. The van der Waals surface area contributed by atoms with E-state index in [-0.39, 0.29) is 0 Å². The molecule has 0 fully saturated rings. The van der Waals surface area contributed by atoms with E-state index in [4.69, 9.17) is 0 Å². The number of anilines is 1. The van der Waals surface area contributed by atoms with Crippen LogP contribution in [0.3, 0.4) is 0 Å². The van der Waals surface area contributed by atoms with Crippen molar-refractivity contribution in [3.63, 3.8) is 0 Å². The summed E-state index contributed by atoms with van der Waals surface area (Å²) in [4.78, 5) is 1.33. The molecule has 0 aliphatic rings. The number of nitrogens with one attached hydrogen (secondary N) is 1. The van der Waals surface area contributed by atoms with Gasteiger partial charge in [-0.3, -0.25) is 0 Å². The van der Waals surface area contributed by atoms with Gasteiger partial charge < -0.3 is 5.32 Å². The minimum atomic E-state index is 0.331. The molecule has 0 spiro atoms. The van der Waals surface area contributed by atoms with Gasteiger partial charge in [0.1, 0.15) is 0 Å². The average molecular weight is 361 g/mol. The predicted molar refractivity (Wildman–Crippen MR) is 78.2 cm³/mol. The van der Waals surface area contributed by atoms with Crippen LogP contribution in [0.4, 0.5) is 5.69 Å². The Balaban J connectivity index is 2.07. The first-order valence-electron chi connectivity index (χ1n) is 4.92. The highest BCUT2D eigenvalue weighted by Gasteiger charge is 2.07. The summed E-state index contributed by atoms with van der Waals surface area (Å²) in [6.45, 7) is 2.17. The van der Waals surface area contributed by atoms with Gasteiger partial charge in [0.2, 0.25) is 0 Å². The van der Waals surface area contributed by atoms with Crippen LogP contribution >= 0.6 is 43.2 Å². The molecular weight excluding hydrogens is 350 g/mol. The zero-order valence-corrected chi connectivity index (χ0v) is 12.7. The SMILES string of the molecule is CC(Nc1ccc(Br)cc1)c1ccc(Br)s1. The van der Waals surface area contributed by atoms with Gasteiger partial charge in [0, 0.05) is 15.0 Å². The van der Waals surface area contributed by atoms with Crippen molar-refractivity contribution in [1.29, 1.82) is 0 Å². The number of benzene rings is 1. The molecule has 1 nitrogen and oxygen atoms in total. The third-order valence-electron chi connectivity index (χ3n) is 2.25. The summed E-state index contributed by atoms with van der Waals surface area (Å²) in [5, 5.41) is 3.47. The molecule has 0 bridgehead atoms. The van der Waals surface area contributed by atoms with Gasteiger partial charge in [0.25, 0.3) is 0 Å². The van der Waals surface area contributed by atoms with E-state index in [1.165, 1.54) is 8.66 Å². The Morgan fingerprint density at radius 1 is 1.06 bits per heavy atom. The first kappa shape index (κ1) is 12.1. The van der Waals surface area contributed by atoms with Crippen LogP contribution in [0.5, 0.6) is 0 Å². The second kappa shape index (κ2) is 5.34. The van der Waals surface area contributed by atoms with E-state index in [0.29, 0.717) is 6.04 Å². The molecule has 1 heterocycles. The topological polar surface area (TPSA) is 12.0 Å². The summed E-state index contributed by atoms with van der Waals surface area (Å²) in [7, 11) is 0. The lowest BCUT2D eigenvalue weighted by atomic mass is 10.2. The molecule has 2 rings (SSSR count). The average Bonchev–Trinajstić information content (AvgIpc) is 2.68. The van der Waals surface area contributed by atoms with Crippen molar-refractivity contribution in [2.24, 2.45) is 0 Å². The fourth-order valence-electron chi connectivity index (χ4n) is 1.43. The normalized spacial score (nSPS) is 12.4. The monoisotopic (exact) mass is 359 g/mol. The van der Waals surface area contributed by atoms with Crippen molar-refractivity contribution in [2.45, 2.75) is 13.0 Å². The van der Waals surface area contributed by atoms with E-state index in [0.717, 1.165) is 10.2 Å². The molecule has 1 N–H and O–H groups in total. The van der Waals surface area contributed by atoms with Crippen LogP contribution in [0.2, 0.25) is 0 Å². The lowest BCUT2D eigenvalue weighted by Gasteiger charge is -2.13. The van der Waals surface area contributed by atoms with Crippen molar-refractivity contribution in [2.75, 3.05) is 5.32 Å². The van der Waals surface area contributed by atoms with E-state index >= 15 is 0 Å². The van der Waals surface area contributed by atoms with Crippen LogP contribution in [-0.2, 0) is 0 Å². The van der Waals surface area contributed by atoms with Crippen molar-refractivity contribution < 1.29 is 0 Å². The maximum absolute atomic E-state index is 3.48. The first-order valence-corrected chi connectivity index (χ1v) is 7.33. The summed E-state index contributed by atoms with van der Waals surface area (Å²) in [5.41, 5.74) is 1.14. The smallest absolute Gasteiger partial charge is 0.0702 e. The molecule has 0 radical (unpaired) electrons. The Labute approximate surface area is 116 Å². The lowest BCUT2D eigenvalue weighted by Crippen LogP contribution is -2.04. The molecule has 2 aromatic rings. The van der Waals surface area contributed by atoms with Crippen LogP contribution in [0, 0.1) is 0 Å². The number of hydrogen-bond donors (Lipinski definition) is 1. The van der Waals surface area contributed by atoms with E-state index in [9.17, 15) is 0 Å². The highest BCUT2D eigenvalue weighted by molar-refractivity contribution is 9.11. The van der Waals surface area contributed by atoms with Gasteiger partial charge in [-0.15, -0.1) is 11.3 Å². The second-order valence-corrected chi connectivity index (χ2v) is 6.93. The molecule has 1 aromatic carbocycles. The number of hydrogen-bond acceptors (Lipinski definition) is 2. The standard InChI is InChI=1S/C12H11Br2NS/c1-8(11-6-7-12(14)16-11)15-10-4-2-9(13)3-5-10/h2-8,15H,1H3. The summed E-state index contributed by atoms with van der Waals surface area (Å²) in [6.07, 6.45) is 0. The molecule has 1 aromatic heterocycles. The molecule has 0 aliphatic carbocycles. The highest BCUT2D eigenvalue weighted by Crippen LogP contribution is 2.29. The molecule has 16 heavy (non-hydrogen) atoms. The maximum Gasteiger partial charge on any atom is 0.0702 e. The highest BCUT2D eigenvalue weighted by atomic mass is 79.9. The van der Waals surface area contributed by atoms with Crippen LogP contribution in [0.25, 0.3) is 0 Å². The summed E-state index contributed by atoms with van der Waals surface area (Å²) >= 11 is 8.67. The largest absolute Gasteiger partial charge is 0.378 e. The number of rotatable bonds is 3. The van der Waals surface area contributed by atoms with Gasteiger partial charge in [-0.25, -0.2) is 0 Å². The van der Waals surface area contributed by atoms with Gasteiger partial charge in [0.15, 0.2) is 0 Å². The first-order chi connectivity index (χ1) is 7.65. The van der Waals surface area contributed by atoms with E-state index in [2.05, 4.69) is 68.4 Å². The van der Waals surface area contributed by atoms with Gasteiger partial charge >= 0.3 is 0 Å². The zero-order chi connectivity index (χ0) is 11.5. The minimum absolute atomic E-state index is 0.331. The summed E-state index contributed by atoms with van der Waals surface area (Å²) in [5.74, 6) is 0. The van der Waals surface area contributed by atoms with Crippen molar-refractivity contribution in [3.8, 4) is 0 Å². The quantitative estimate of drug-likeness (QED) is 0.767. The van der Waals surface area contributed by atoms with Crippen LogP contribution < -0.4 is 5.32 Å². The molecule has 1 atom stereocenters. The van der Waals surface area contributed by atoms with Crippen molar-refractivity contribution in [1.82, 2.24) is 0 Å². The second-order valence-electron chi connectivity index (χ2n) is 3.51. The molecule has 0 aliphatic heterocycles. The molecule has 0 saturated carbocycles. The Kier molecular flexibility index (Phi) is 4.05. The summed E-state index contributed by atoms with van der Waals surface area (Å²) in [6, 6.07) is 12.8. The predicted octanol–water partition coefficient (Wildman–Crippen LogP) is 5.45. The van der Waals surface area contributed by atoms with E-state index in [1.54, 1.807) is 11.3 Å². The van der Waals surface area contributed by atoms with Gasteiger partial charge in [0.05, 0.1) is 9.83 Å². The van der Waals surface area contributed by atoms with E-state index in [1.807, 2.05) is 12.1 Å². The Morgan fingerprint density at radius 2 is 1.75 bits per heavy atom. The van der Waals surface area contributed by atoms with Crippen LogP contribution in [0.1, 0.15) is 17.8 Å². The molecular formula is C12H11Br2NS. The molecule has 0 saturated heterocycles. The van der Waals surface area contributed by atoms with Crippen molar-refractivity contribution in [3.05, 3.63) is 49.5 Å². The van der Waals surface area contributed by atoms with Crippen LogP contribution in [0.15, 0.2) is 44.7 Å². The summed E-state index contributed by atoms with van der Waals surface area (Å²) < 4.78 is 2.27. The molecule has 84 valence electrons. The van der Waals surface area contributed by atoms with Gasteiger partial charge in [-0.2, -0.15) is 0 Å². The molecule has 0 amide bonds. The Hall–Kier alpha value is -0.320. The third-order valence-corrected chi connectivity index (χ3v) is 4.58. The minimum Gasteiger partial charge on any atom is -0.378 e. The number of halogens is 2. The lowest BCUT2D eigenvalue weighted by molar-refractivity contribution is 0.908. The fourth-order valence-corrected chi connectivity index (χ4v) is 3.12. The fraction of sp³-hybridized carbons (Fsp3) is 0.167. The zero-order valence-electron chi connectivity index (χ0n) is 8.71.